The molecule has 2 aromatic carbocycles. The SMILES string of the molecule is CN1CCCCCC(O)c2cc(C(=O)NCCCc3ccccc3)ccc21. The first-order valence-electron chi connectivity index (χ1n) is 10.0. The van der Waals surface area contributed by atoms with Gasteiger partial charge in [-0.2, -0.15) is 0 Å². The number of rotatable bonds is 5. The summed E-state index contributed by atoms with van der Waals surface area (Å²) in [5, 5.41) is 13.6. The zero-order valence-corrected chi connectivity index (χ0v) is 16.2. The molecule has 1 heterocycles. The van der Waals surface area contributed by atoms with E-state index in [-0.39, 0.29) is 5.91 Å². The Morgan fingerprint density at radius 3 is 2.78 bits per heavy atom. The number of aliphatic hydroxyl groups is 1. The second-order valence-corrected chi connectivity index (χ2v) is 7.41. The van der Waals surface area contributed by atoms with Gasteiger partial charge < -0.3 is 15.3 Å². The Kier molecular flexibility index (Phi) is 6.88. The average molecular weight is 367 g/mol. The van der Waals surface area contributed by atoms with Gasteiger partial charge in [0.2, 0.25) is 0 Å². The van der Waals surface area contributed by atoms with E-state index in [1.54, 1.807) is 0 Å². The molecule has 1 atom stereocenters. The van der Waals surface area contributed by atoms with Crippen molar-refractivity contribution in [2.75, 3.05) is 25.0 Å². The van der Waals surface area contributed by atoms with E-state index >= 15 is 0 Å². The molecule has 0 saturated heterocycles. The number of hydrogen-bond acceptors (Lipinski definition) is 3. The number of amides is 1. The quantitative estimate of drug-likeness (QED) is 0.784. The van der Waals surface area contributed by atoms with E-state index in [2.05, 4.69) is 29.4 Å². The summed E-state index contributed by atoms with van der Waals surface area (Å²) < 4.78 is 0. The van der Waals surface area contributed by atoms with Crippen LogP contribution in [0, 0.1) is 0 Å². The summed E-state index contributed by atoms with van der Waals surface area (Å²) in [4.78, 5) is 14.7. The van der Waals surface area contributed by atoms with Crippen molar-refractivity contribution < 1.29 is 9.90 Å². The first kappa shape index (κ1) is 19.4. The van der Waals surface area contributed by atoms with Crippen LogP contribution in [0.4, 0.5) is 5.69 Å². The molecule has 0 saturated carbocycles. The fourth-order valence-electron chi connectivity index (χ4n) is 3.69. The maximum Gasteiger partial charge on any atom is 0.251 e. The van der Waals surface area contributed by atoms with Crippen LogP contribution >= 0.6 is 0 Å². The number of nitrogens with zero attached hydrogens (tertiary/aromatic N) is 1. The number of benzene rings is 2. The van der Waals surface area contributed by atoms with Crippen LogP contribution in [-0.4, -0.2) is 31.2 Å². The molecule has 3 rings (SSSR count). The Morgan fingerprint density at radius 1 is 1.15 bits per heavy atom. The van der Waals surface area contributed by atoms with E-state index in [4.69, 9.17) is 0 Å². The van der Waals surface area contributed by atoms with E-state index in [1.165, 1.54) is 5.56 Å². The number of carbonyl (C=O) groups excluding carboxylic acids is 1. The van der Waals surface area contributed by atoms with Crippen molar-refractivity contribution in [3.05, 3.63) is 65.2 Å². The zero-order valence-electron chi connectivity index (χ0n) is 16.2. The normalized spacial score (nSPS) is 17.4. The fourth-order valence-corrected chi connectivity index (χ4v) is 3.69. The predicted octanol–water partition coefficient (Wildman–Crippen LogP) is 4.09. The second-order valence-electron chi connectivity index (χ2n) is 7.41. The lowest BCUT2D eigenvalue weighted by atomic mass is 9.99. The minimum atomic E-state index is -0.508. The van der Waals surface area contributed by atoms with Crippen molar-refractivity contribution in [3.63, 3.8) is 0 Å². The van der Waals surface area contributed by atoms with Crippen LogP contribution in [0.3, 0.4) is 0 Å². The number of fused-ring (bicyclic) bond motifs is 1. The first-order valence-corrected chi connectivity index (χ1v) is 10.0. The number of nitrogens with one attached hydrogen (secondary N) is 1. The summed E-state index contributed by atoms with van der Waals surface area (Å²) in [5.74, 6) is -0.0689. The minimum Gasteiger partial charge on any atom is -0.388 e. The predicted molar refractivity (Wildman–Crippen MR) is 110 cm³/mol. The molecule has 2 aromatic rings. The number of aryl methyl sites for hydroxylation is 1. The van der Waals surface area contributed by atoms with Gasteiger partial charge in [0.05, 0.1) is 6.10 Å². The van der Waals surface area contributed by atoms with Crippen LogP contribution in [0.1, 0.15) is 59.7 Å². The molecule has 1 aliphatic rings. The van der Waals surface area contributed by atoms with Gasteiger partial charge in [-0.1, -0.05) is 43.2 Å². The van der Waals surface area contributed by atoms with Crippen molar-refractivity contribution in [2.24, 2.45) is 0 Å². The summed E-state index contributed by atoms with van der Waals surface area (Å²) in [5.41, 5.74) is 3.82. The molecule has 4 nitrogen and oxygen atoms in total. The van der Waals surface area contributed by atoms with E-state index in [9.17, 15) is 9.90 Å². The largest absolute Gasteiger partial charge is 0.388 e. The Hall–Kier alpha value is -2.33. The molecule has 0 bridgehead atoms. The van der Waals surface area contributed by atoms with Crippen LogP contribution in [0.5, 0.6) is 0 Å². The Morgan fingerprint density at radius 2 is 1.96 bits per heavy atom. The van der Waals surface area contributed by atoms with E-state index in [0.29, 0.717) is 12.1 Å². The van der Waals surface area contributed by atoms with Gasteiger partial charge in [0.15, 0.2) is 0 Å². The molecule has 0 fully saturated rings. The zero-order chi connectivity index (χ0) is 19.1. The molecule has 0 aliphatic carbocycles. The summed E-state index contributed by atoms with van der Waals surface area (Å²) in [6.07, 6.45) is 5.39. The lowest BCUT2D eigenvalue weighted by Crippen LogP contribution is -2.25. The van der Waals surface area contributed by atoms with E-state index < -0.39 is 6.10 Å². The lowest BCUT2D eigenvalue weighted by Gasteiger charge is -2.24. The van der Waals surface area contributed by atoms with Gasteiger partial charge in [-0.15, -0.1) is 0 Å². The third-order valence-corrected chi connectivity index (χ3v) is 5.30. The third-order valence-electron chi connectivity index (χ3n) is 5.30. The van der Waals surface area contributed by atoms with Crippen LogP contribution in [0.25, 0.3) is 0 Å². The standard InChI is InChI=1S/C23H30N2O2/c1-25-16-7-3-6-12-22(26)20-17-19(13-14-21(20)25)23(27)24-15-8-11-18-9-4-2-5-10-18/h2,4-5,9-10,13-14,17,22,26H,3,6-8,11-12,15-16H2,1H3,(H,24,27). The summed E-state index contributed by atoms with van der Waals surface area (Å²) in [6.45, 7) is 1.62. The van der Waals surface area contributed by atoms with Crippen LogP contribution in [0.15, 0.2) is 48.5 Å². The van der Waals surface area contributed by atoms with Crippen LogP contribution < -0.4 is 10.2 Å². The number of carbonyl (C=O) groups is 1. The molecule has 1 unspecified atom stereocenters. The van der Waals surface area contributed by atoms with Crippen molar-refractivity contribution >= 4 is 11.6 Å². The molecular formula is C23H30N2O2. The molecular weight excluding hydrogens is 336 g/mol. The number of hydrogen-bond donors (Lipinski definition) is 2. The van der Waals surface area contributed by atoms with Gasteiger partial charge in [-0.25, -0.2) is 0 Å². The Balaban J connectivity index is 1.62. The maximum atomic E-state index is 12.5. The molecule has 2 N–H and O–H groups in total. The molecule has 0 aromatic heterocycles. The highest BCUT2D eigenvalue weighted by molar-refractivity contribution is 5.95. The van der Waals surface area contributed by atoms with Crippen molar-refractivity contribution in [3.8, 4) is 0 Å². The van der Waals surface area contributed by atoms with Crippen LogP contribution in [-0.2, 0) is 6.42 Å². The van der Waals surface area contributed by atoms with Crippen molar-refractivity contribution in [1.82, 2.24) is 5.32 Å². The Bertz CT molecular complexity index is 745. The number of anilines is 1. The molecule has 1 aliphatic heterocycles. The molecule has 144 valence electrons. The van der Waals surface area contributed by atoms with E-state index in [1.807, 2.05) is 36.4 Å². The highest BCUT2D eigenvalue weighted by Gasteiger charge is 2.19. The number of aliphatic hydroxyl groups excluding tert-OH is 1. The van der Waals surface area contributed by atoms with Crippen molar-refractivity contribution in [1.29, 1.82) is 0 Å². The van der Waals surface area contributed by atoms with Crippen LogP contribution in [0.2, 0.25) is 0 Å². The van der Waals surface area contributed by atoms with Gasteiger partial charge in [-0.3, -0.25) is 4.79 Å². The fraction of sp³-hybridized carbons (Fsp3) is 0.435. The highest BCUT2D eigenvalue weighted by atomic mass is 16.3. The molecule has 0 spiro atoms. The Labute approximate surface area is 162 Å². The monoisotopic (exact) mass is 366 g/mol. The van der Waals surface area contributed by atoms with Gasteiger partial charge >= 0.3 is 0 Å². The van der Waals surface area contributed by atoms with Gasteiger partial charge in [0, 0.05) is 37.0 Å². The minimum absolute atomic E-state index is 0.0689. The van der Waals surface area contributed by atoms with Gasteiger partial charge in [0.1, 0.15) is 0 Å². The smallest absolute Gasteiger partial charge is 0.251 e. The maximum absolute atomic E-state index is 12.5. The van der Waals surface area contributed by atoms with E-state index in [0.717, 1.165) is 56.3 Å². The second kappa shape index (κ2) is 9.56. The molecule has 27 heavy (non-hydrogen) atoms. The topological polar surface area (TPSA) is 52.6 Å². The summed E-state index contributed by atoms with van der Waals surface area (Å²) >= 11 is 0. The third kappa shape index (κ3) is 5.33. The van der Waals surface area contributed by atoms with Gasteiger partial charge in [0.25, 0.3) is 5.91 Å². The van der Waals surface area contributed by atoms with Gasteiger partial charge in [-0.05, 0) is 49.4 Å². The average Bonchev–Trinajstić information content (AvgIpc) is 2.76. The van der Waals surface area contributed by atoms with Crippen molar-refractivity contribution in [2.45, 2.75) is 44.6 Å². The molecule has 0 radical (unpaired) electrons. The molecule has 1 amide bonds. The highest BCUT2D eigenvalue weighted by Crippen LogP contribution is 2.31. The molecule has 4 heteroatoms. The summed E-state index contributed by atoms with van der Waals surface area (Å²) in [7, 11) is 2.06. The lowest BCUT2D eigenvalue weighted by molar-refractivity contribution is 0.0953. The summed E-state index contributed by atoms with van der Waals surface area (Å²) in [6, 6.07) is 16.0. The first-order chi connectivity index (χ1) is 13.1.